The first-order chi connectivity index (χ1) is 14.4. The minimum absolute atomic E-state index is 0.0827. The Hall–Kier alpha value is -3.66. The number of nitrogens with one attached hydrogen (secondary N) is 1. The SMILES string of the molecule is COCCNC(=O)c1nn(-c2ccc(F)cc2)c(=O)n(Cc2ccccc2F)c1=O. The van der Waals surface area contributed by atoms with Crippen molar-refractivity contribution < 1.29 is 18.3 Å². The largest absolute Gasteiger partial charge is 0.383 e. The van der Waals surface area contributed by atoms with Gasteiger partial charge in [-0.2, -0.15) is 9.78 Å². The van der Waals surface area contributed by atoms with Crippen molar-refractivity contribution >= 4 is 5.91 Å². The molecular formula is C20H18F2N4O4. The van der Waals surface area contributed by atoms with Crippen molar-refractivity contribution in [2.75, 3.05) is 20.3 Å². The van der Waals surface area contributed by atoms with Crippen LogP contribution in [0.4, 0.5) is 8.78 Å². The Balaban J connectivity index is 2.15. The summed E-state index contributed by atoms with van der Waals surface area (Å²) in [5.41, 5.74) is -2.22. The number of methoxy groups -OCH3 is 1. The smallest absolute Gasteiger partial charge is 0.352 e. The molecule has 0 spiro atoms. The maximum absolute atomic E-state index is 14.1. The van der Waals surface area contributed by atoms with Crippen molar-refractivity contribution in [1.29, 1.82) is 0 Å². The Kier molecular flexibility index (Phi) is 6.48. The molecule has 156 valence electrons. The molecule has 0 bridgehead atoms. The molecule has 0 aliphatic carbocycles. The van der Waals surface area contributed by atoms with Gasteiger partial charge < -0.3 is 10.1 Å². The summed E-state index contributed by atoms with van der Waals surface area (Å²) in [7, 11) is 1.44. The van der Waals surface area contributed by atoms with Crippen LogP contribution in [0.25, 0.3) is 5.69 Å². The minimum Gasteiger partial charge on any atom is -0.383 e. The van der Waals surface area contributed by atoms with Gasteiger partial charge in [0.25, 0.3) is 11.5 Å². The predicted octanol–water partition coefficient (Wildman–Crippen LogP) is 1.10. The normalized spacial score (nSPS) is 10.8. The Morgan fingerprint density at radius 1 is 1.10 bits per heavy atom. The van der Waals surface area contributed by atoms with E-state index in [1.54, 1.807) is 6.07 Å². The van der Waals surface area contributed by atoms with Gasteiger partial charge in [-0.25, -0.2) is 13.6 Å². The van der Waals surface area contributed by atoms with Gasteiger partial charge in [-0.3, -0.25) is 14.2 Å². The van der Waals surface area contributed by atoms with Crippen LogP contribution in [0.15, 0.2) is 58.1 Å². The number of nitrogens with zero attached hydrogens (tertiary/aromatic N) is 3. The molecule has 0 saturated heterocycles. The van der Waals surface area contributed by atoms with Gasteiger partial charge in [0.15, 0.2) is 0 Å². The lowest BCUT2D eigenvalue weighted by Crippen LogP contribution is -2.46. The maximum atomic E-state index is 14.1. The highest BCUT2D eigenvalue weighted by atomic mass is 19.1. The third-order valence-electron chi connectivity index (χ3n) is 4.22. The fraction of sp³-hybridized carbons (Fsp3) is 0.200. The molecular weight excluding hydrogens is 398 g/mol. The standard InChI is InChI=1S/C20H18F2N4O4/c1-30-11-10-23-18(27)17-19(28)25(12-13-4-2-3-5-16(13)22)20(29)26(24-17)15-8-6-14(21)7-9-15/h2-9H,10-12H2,1H3,(H,23,27). The highest BCUT2D eigenvalue weighted by molar-refractivity contribution is 5.91. The lowest BCUT2D eigenvalue weighted by Gasteiger charge is -2.12. The van der Waals surface area contributed by atoms with E-state index in [1.807, 2.05) is 0 Å². The van der Waals surface area contributed by atoms with Crippen LogP contribution in [0.2, 0.25) is 0 Å². The number of hydrogen-bond acceptors (Lipinski definition) is 5. The zero-order chi connectivity index (χ0) is 21.7. The number of amides is 1. The molecule has 0 fully saturated rings. The number of benzene rings is 2. The molecule has 1 N–H and O–H groups in total. The van der Waals surface area contributed by atoms with Gasteiger partial charge in [-0.05, 0) is 30.3 Å². The second-order valence-electron chi connectivity index (χ2n) is 6.25. The van der Waals surface area contributed by atoms with Crippen LogP contribution in [-0.2, 0) is 11.3 Å². The summed E-state index contributed by atoms with van der Waals surface area (Å²) in [5.74, 6) is -1.97. The van der Waals surface area contributed by atoms with Crippen molar-refractivity contribution in [2.45, 2.75) is 6.54 Å². The minimum atomic E-state index is -0.975. The first-order valence-electron chi connectivity index (χ1n) is 8.93. The number of ether oxygens (including phenoxy) is 1. The van der Waals surface area contributed by atoms with E-state index < -0.39 is 41.0 Å². The van der Waals surface area contributed by atoms with Gasteiger partial charge in [0.1, 0.15) is 11.6 Å². The van der Waals surface area contributed by atoms with E-state index in [2.05, 4.69) is 10.4 Å². The average Bonchev–Trinajstić information content (AvgIpc) is 2.73. The van der Waals surface area contributed by atoms with Crippen LogP contribution in [0.3, 0.4) is 0 Å². The van der Waals surface area contributed by atoms with E-state index in [-0.39, 0.29) is 24.4 Å². The molecule has 0 atom stereocenters. The van der Waals surface area contributed by atoms with Gasteiger partial charge in [0, 0.05) is 19.2 Å². The third kappa shape index (κ3) is 4.49. The van der Waals surface area contributed by atoms with Crippen molar-refractivity contribution in [3.63, 3.8) is 0 Å². The average molecular weight is 416 g/mol. The molecule has 2 aromatic carbocycles. The summed E-state index contributed by atoms with van der Waals surface area (Å²) in [4.78, 5) is 38.2. The highest BCUT2D eigenvalue weighted by Gasteiger charge is 2.21. The van der Waals surface area contributed by atoms with E-state index in [0.29, 0.717) is 4.57 Å². The van der Waals surface area contributed by atoms with Crippen molar-refractivity contribution in [3.8, 4) is 5.69 Å². The molecule has 1 amide bonds. The maximum Gasteiger partial charge on any atom is 0.352 e. The van der Waals surface area contributed by atoms with Crippen molar-refractivity contribution in [2.24, 2.45) is 0 Å². The number of carbonyl (C=O) groups excluding carboxylic acids is 1. The zero-order valence-electron chi connectivity index (χ0n) is 16.0. The van der Waals surface area contributed by atoms with Crippen LogP contribution in [0.5, 0.6) is 0 Å². The van der Waals surface area contributed by atoms with E-state index in [1.165, 1.54) is 37.4 Å². The molecule has 1 heterocycles. The predicted molar refractivity (Wildman–Crippen MR) is 104 cm³/mol. The van der Waals surface area contributed by atoms with Gasteiger partial charge >= 0.3 is 5.69 Å². The number of aromatic nitrogens is 3. The second-order valence-corrected chi connectivity index (χ2v) is 6.25. The van der Waals surface area contributed by atoms with E-state index in [9.17, 15) is 23.2 Å². The van der Waals surface area contributed by atoms with Crippen molar-refractivity contribution in [3.05, 3.63) is 92.3 Å². The van der Waals surface area contributed by atoms with Crippen molar-refractivity contribution in [1.82, 2.24) is 19.7 Å². The Morgan fingerprint density at radius 3 is 2.47 bits per heavy atom. The van der Waals surface area contributed by atoms with Crippen LogP contribution in [-0.4, -0.2) is 40.5 Å². The molecule has 0 aliphatic rings. The molecule has 1 aromatic heterocycles. The molecule has 8 nitrogen and oxygen atoms in total. The van der Waals surface area contributed by atoms with E-state index >= 15 is 0 Å². The monoisotopic (exact) mass is 416 g/mol. The second kappa shape index (κ2) is 9.23. The fourth-order valence-corrected chi connectivity index (χ4v) is 2.69. The van der Waals surface area contributed by atoms with Crippen LogP contribution >= 0.6 is 0 Å². The summed E-state index contributed by atoms with van der Waals surface area (Å²) in [6, 6.07) is 10.4. The van der Waals surface area contributed by atoms with Gasteiger partial charge in [0.05, 0.1) is 18.8 Å². The number of hydrogen-bond donors (Lipinski definition) is 1. The Morgan fingerprint density at radius 2 is 1.80 bits per heavy atom. The zero-order valence-corrected chi connectivity index (χ0v) is 16.0. The van der Waals surface area contributed by atoms with Gasteiger partial charge in [-0.1, -0.05) is 18.2 Å². The Labute approximate surface area is 169 Å². The molecule has 0 saturated carbocycles. The van der Waals surface area contributed by atoms with E-state index in [0.717, 1.165) is 16.8 Å². The van der Waals surface area contributed by atoms with Crippen LogP contribution < -0.4 is 16.6 Å². The summed E-state index contributed by atoms with van der Waals surface area (Å²) in [6.07, 6.45) is 0. The van der Waals surface area contributed by atoms with Crippen LogP contribution in [0, 0.1) is 11.6 Å². The summed E-state index contributed by atoms with van der Waals surface area (Å²) in [5, 5.41) is 6.34. The summed E-state index contributed by atoms with van der Waals surface area (Å²) >= 11 is 0. The quantitative estimate of drug-likeness (QED) is 0.582. The number of rotatable bonds is 7. The first-order valence-corrected chi connectivity index (χ1v) is 8.93. The lowest BCUT2D eigenvalue weighted by molar-refractivity contribution is 0.0927. The van der Waals surface area contributed by atoms with Crippen LogP contribution in [0.1, 0.15) is 16.1 Å². The molecule has 0 aliphatic heterocycles. The van der Waals surface area contributed by atoms with E-state index in [4.69, 9.17) is 4.74 Å². The summed E-state index contributed by atoms with van der Waals surface area (Å²) < 4.78 is 33.7. The molecule has 10 heteroatoms. The molecule has 30 heavy (non-hydrogen) atoms. The first kappa shape index (κ1) is 21.1. The molecule has 0 radical (unpaired) electrons. The third-order valence-corrected chi connectivity index (χ3v) is 4.22. The molecule has 0 unspecified atom stereocenters. The lowest BCUT2D eigenvalue weighted by atomic mass is 10.2. The van der Waals surface area contributed by atoms with Gasteiger partial charge in [0.2, 0.25) is 5.69 Å². The number of carbonyl (C=O) groups is 1. The highest BCUT2D eigenvalue weighted by Crippen LogP contribution is 2.08. The number of halogens is 2. The Bertz CT molecular complexity index is 1170. The topological polar surface area (TPSA) is 95.2 Å². The summed E-state index contributed by atoms with van der Waals surface area (Å²) in [6.45, 7) is -0.0986. The fourth-order valence-electron chi connectivity index (χ4n) is 2.69. The van der Waals surface area contributed by atoms with Gasteiger partial charge in [-0.15, -0.1) is 0 Å². The molecule has 3 rings (SSSR count). The molecule has 3 aromatic rings.